The highest BCUT2D eigenvalue weighted by Gasteiger charge is 2.10. The van der Waals surface area contributed by atoms with Crippen molar-refractivity contribution in [3.63, 3.8) is 0 Å². The number of hydrogen-bond acceptors (Lipinski definition) is 2. The van der Waals surface area contributed by atoms with Crippen molar-refractivity contribution in [2.45, 2.75) is 19.3 Å². The first-order chi connectivity index (χ1) is 9.25. The number of nitrogens with zero attached hydrogens (tertiary/aromatic N) is 1. The standard InChI is InChI=1S/C15H16N2O2/c18-15(16-14-10-4-5-12-17(14)19)11-6-9-13-7-2-1-3-8-13/h1-5,7-8,10,12H,6,9,11H2,(H,16,18). The quantitative estimate of drug-likeness (QED) is 0.659. The van der Waals surface area contributed by atoms with Gasteiger partial charge in [0.15, 0.2) is 0 Å². The number of aromatic nitrogens is 1. The van der Waals surface area contributed by atoms with Crippen molar-refractivity contribution >= 4 is 11.7 Å². The molecule has 2 rings (SSSR count). The van der Waals surface area contributed by atoms with E-state index < -0.39 is 0 Å². The minimum absolute atomic E-state index is 0.133. The SMILES string of the molecule is O=C(CCCc1ccccc1)Nc1cccc[n+]1[O-]. The van der Waals surface area contributed by atoms with Gasteiger partial charge in [0.2, 0.25) is 0 Å². The van der Waals surface area contributed by atoms with E-state index in [0.717, 1.165) is 12.8 Å². The lowest BCUT2D eigenvalue weighted by Crippen LogP contribution is -2.31. The molecule has 0 aliphatic carbocycles. The van der Waals surface area contributed by atoms with Crippen LogP contribution in [0, 0.1) is 5.21 Å². The molecule has 0 aliphatic heterocycles. The Morgan fingerprint density at radius 2 is 1.84 bits per heavy atom. The third-order valence-corrected chi connectivity index (χ3v) is 2.80. The van der Waals surface area contributed by atoms with Crippen LogP contribution in [0.4, 0.5) is 5.82 Å². The number of rotatable bonds is 5. The number of carbonyl (C=O) groups is 1. The molecule has 0 atom stereocenters. The smallest absolute Gasteiger partial charge is 0.307 e. The Kier molecular flexibility index (Phi) is 4.50. The van der Waals surface area contributed by atoms with Crippen molar-refractivity contribution in [3.05, 3.63) is 65.5 Å². The zero-order chi connectivity index (χ0) is 13.5. The molecule has 0 saturated heterocycles. The van der Waals surface area contributed by atoms with Crippen molar-refractivity contribution < 1.29 is 9.52 Å². The Morgan fingerprint density at radius 1 is 1.11 bits per heavy atom. The Hall–Kier alpha value is -2.36. The molecule has 0 bridgehead atoms. The number of aryl methyl sites for hydroxylation is 1. The monoisotopic (exact) mass is 256 g/mol. The molecule has 1 heterocycles. The molecule has 19 heavy (non-hydrogen) atoms. The number of amides is 1. The molecule has 2 aromatic rings. The van der Waals surface area contributed by atoms with Crippen LogP contribution in [-0.4, -0.2) is 5.91 Å². The third kappa shape index (κ3) is 4.10. The predicted octanol–water partition coefficient (Wildman–Crippen LogP) is 2.28. The summed E-state index contributed by atoms with van der Waals surface area (Å²) in [5.74, 6) is 0.138. The molecule has 0 radical (unpaired) electrons. The van der Waals surface area contributed by atoms with Gasteiger partial charge in [-0.15, -0.1) is 0 Å². The lowest BCUT2D eigenvalue weighted by molar-refractivity contribution is -0.590. The van der Waals surface area contributed by atoms with Crippen LogP contribution in [0.1, 0.15) is 18.4 Å². The van der Waals surface area contributed by atoms with Gasteiger partial charge >= 0.3 is 5.91 Å². The van der Waals surface area contributed by atoms with E-state index in [1.807, 2.05) is 30.3 Å². The summed E-state index contributed by atoms with van der Waals surface area (Å²) in [6, 6.07) is 15.0. The molecule has 4 nitrogen and oxygen atoms in total. The van der Waals surface area contributed by atoms with Gasteiger partial charge in [0.05, 0.1) is 6.20 Å². The third-order valence-electron chi connectivity index (χ3n) is 2.80. The van der Waals surface area contributed by atoms with Crippen LogP contribution in [0.25, 0.3) is 0 Å². The van der Waals surface area contributed by atoms with E-state index in [1.54, 1.807) is 18.2 Å². The summed E-state index contributed by atoms with van der Waals surface area (Å²) in [5, 5.41) is 14.0. The van der Waals surface area contributed by atoms with E-state index in [9.17, 15) is 10.0 Å². The number of pyridine rings is 1. The largest absolute Gasteiger partial charge is 0.711 e. The van der Waals surface area contributed by atoms with Crippen molar-refractivity contribution in [1.29, 1.82) is 0 Å². The Bertz CT molecular complexity index is 541. The van der Waals surface area contributed by atoms with E-state index in [-0.39, 0.29) is 11.7 Å². The molecule has 4 heteroatoms. The van der Waals surface area contributed by atoms with E-state index in [0.29, 0.717) is 11.2 Å². The number of hydrogen-bond donors (Lipinski definition) is 1. The van der Waals surface area contributed by atoms with Gasteiger partial charge in [-0.05, 0) is 24.5 Å². The zero-order valence-electron chi connectivity index (χ0n) is 10.6. The molecular formula is C15H16N2O2. The van der Waals surface area contributed by atoms with Crippen LogP contribution in [0.3, 0.4) is 0 Å². The highest BCUT2D eigenvalue weighted by atomic mass is 16.5. The molecule has 98 valence electrons. The first-order valence-electron chi connectivity index (χ1n) is 6.27. The normalized spacial score (nSPS) is 10.1. The van der Waals surface area contributed by atoms with Crippen molar-refractivity contribution in [2.75, 3.05) is 5.32 Å². The maximum Gasteiger partial charge on any atom is 0.307 e. The number of nitrogens with one attached hydrogen (secondary N) is 1. The summed E-state index contributed by atoms with van der Waals surface area (Å²) in [5.41, 5.74) is 1.22. The molecule has 0 fully saturated rings. The highest BCUT2D eigenvalue weighted by molar-refractivity contribution is 5.89. The van der Waals surface area contributed by atoms with E-state index >= 15 is 0 Å². The number of carbonyl (C=O) groups excluding carboxylic acids is 1. The summed E-state index contributed by atoms with van der Waals surface area (Å²) < 4.78 is 0.648. The van der Waals surface area contributed by atoms with E-state index in [1.165, 1.54) is 11.8 Å². The summed E-state index contributed by atoms with van der Waals surface area (Å²) in [6.07, 6.45) is 3.39. The van der Waals surface area contributed by atoms with Crippen molar-refractivity contribution in [3.8, 4) is 0 Å². The number of anilines is 1. The van der Waals surface area contributed by atoms with Gasteiger partial charge in [0.25, 0.3) is 5.82 Å². The van der Waals surface area contributed by atoms with Crippen LogP contribution >= 0.6 is 0 Å². The fraction of sp³-hybridized carbons (Fsp3) is 0.200. The average molecular weight is 256 g/mol. The lowest BCUT2D eigenvalue weighted by Gasteiger charge is -2.06. The Balaban J connectivity index is 1.78. The lowest BCUT2D eigenvalue weighted by atomic mass is 10.1. The Labute approximate surface area is 112 Å². The van der Waals surface area contributed by atoms with Gasteiger partial charge in [-0.2, -0.15) is 0 Å². The van der Waals surface area contributed by atoms with Crippen LogP contribution in [-0.2, 0) is 11.2 Å². The van der Waals surface area contributed by atoms with Crippen LogP contribution < -0.4 is 10.0 Å². The van der Waals surface area contributed by atoms with Crippen molar-refractivity contribution in [2.24, 2.45) is 0 Å². The second kappa shape index (κ2) is 6.54. The minimum atomic E-state index is -0.133. The molecule has 1 aromatic carbocycles. The Morgan fingerprint density at radius 3 is 2.58 bits per heavy atom. The summed E-state index contributed by atoms with van der Waals surface area (Å²) in [4.78, 5) is 11.7. The highest BCUT2D eigenvalue weighted by Crippen LogP contribution is 2.06. The fourth-order valence-corrected chi connectivity index (χ4v) is 1.83. The first kappa shape index (κ1) is 13.1. The molecule has 1 amide bonds. The van der Waals surface area contributed by atoms with Gasteiger partial charge in [0, 0.05) is 12.5 Å². The van der Waals surface area contributed by atoms with Crippen LogP contribution in [0.5, 0.6) is 0 Å². The minimum Gasteiger partial charge on any atom is -0.711 e. The topological polar surface area (TPSA) is 56.0 Å². The summed E-state index contributed by atoms with van der Waals surface area (Å²) in [7, 11) is 0. The van der Waals surface area contributed by atoms with E-state index in [2.05, 4.69) is 5.32 Å². The van der Waals surface area contributed by atoms with Gasteiger partial charge < -0.3 is 5.21 Å². The number of benzene rings is 1. The predicted molar refractivity (Wildman–Crippen MR) is 73.4 cm³/mol. The molecule has 1 aromatic heterocycles. The van der Waals surface area contributed by atoms with Crippen molar-refractivity contribution in [1.82, 2.24) is 0 Å². The molecule has 1 N–H and O–H groups in total. The average Bonchev–Trinajstić information content (AvgIpc) is 2.43. The van der Waals surface area contributed by atoms with Gasteiger partial charge in [-0.25, -0.2) is 14.8 Å². The fourth-order valence-electron chi connectivity index (χ4n) is 1.83. The second-order valence-corrected chi connectivity index (χ2v) is 4.30. The molecule has 0 unspecified atom stereocenters. The molecular weight excluding hydrogens is 240 g/mol. The van der Waals surface area contributed by atoms with Crippen LogP contribution in [0.15, 0.2) is 54.7 Å². The first-order valence-corrected chi connectivity index (χ1v) is 6.27. The summed E-state index contributed by atoms with van der Waals surface area (Å²) in [6.45, 7) is 0. The maximum atomic E-state index is 11.7. The second-order valence-electron chi connectivity index (χ2n) is 4.30. The maximum absolute atomic E-state index is 11.7. The molecule has 0 aliphatic rings. The van der Waals surface area contributed by atoms with Gasteiger partial charge in [0.1, 0.15) is 0 Å². The molecule has 0 spiro atoms. The summed E-state index contributed by atoms with van der Waals surface area (Å²) >= 11 is 0. The van der Waals surface area contributed by atoms with Crippen LogP contribution in [0.2, 0.25) is 0 Å². The van der Waals surface area contributed by atoms with E-state index in [4.69, 9.17) is 0 Å². The zero-order valence-corrected chi connectivity index (χ0v) is 10.6. The molecule has 0 saturated carbocycles. The van der Waals surface area contributed by atoms with Gasteiger partial charge in [-0.1, -0.05) is 36.4 Å². The van der Waals surface area contributed by atoms with Gasteiger partial charge in [-0.3, -0.25) is 0 Å².